The molecule has 1 amide bonds. The number of carbonyl (C=O) groups is 1. The number of morpholine rings is 1. The zero-order chi connectivity index (χ0) is 15.4. The summed E-state index contributed by atoms with van der Waals surface area (Å²) in [5, 5.41) is 0. The van der Waals surface area contributed by atoms with Crippen LogP contribution >= 0.6 is 15.9 Å². The minimum atomic E-state index is 0.0580. The quantitative estimate of drug-likeness (QED) is 0.838. The number of hydrogen-bond donors (Lipinski definition) is 0. The number of nitrogens with zero attached hydrogens (tertiary/aromatic N) is 1. The highest BCUT2D eigenvalue weighted by atomic mass is 79.9. The SMILES string of the molecule is O=C(c1ccccc1Br)N1CCOC(Cc2ccccc2)C1. The van der Waals surface area contributed by atoms with Crippen molar-refractivity contribution in [3.8, 4) is 0 Å². The third kappa shape index (κ3) is 3.57. The minimum absolute atomic E-state index is 0.0580. The van der Waals surface area contributed by atoms with E-state index >= 15 is 0 Å². The Labute approximate surface area is 139 Å². The number of rotatable bonds is 3. The van der Waals surface area contributed by atoms with Crippen molar-refractivity contribution in [2.45, 2.75) is 12.5 Å². The average molecular weight is 360 g/mol. The molecule has 1 aliphatic heterocycles. The zero-order valence-corrected chi connectivity index (χ0v) is 13.8. The van der Waals surface area contributed by atoms with Gasteiger partial charge < -0.3 is 9.64 Å². The second-order valence-electron chi connectivity index (χ2n) is 5.41. The molecule has 3 nitrogen and oxygen atoms in total. The molecule has 0 saturated carbocycles. The van der Waals surface area contributed by atoms with Gasteiger partial charge in [-0.3, -0.25) is 4.79 Å². The number of benzene rings is 2. The van der Waals surface area contributed by atoms with Crippen LogP contribution in [0, 0.1) is 0 Å². The second kappa shape index (κ2) is 7.07. The van der Waals surface area contributed by atoms with Gasteiger partial charge in [0.1, 0.15) is 0 Å². The highest BCUT2D eigenvalue weighted by molar-refractivity contribution is 9.10. The lowest BCUT2D eigenvalue weighted by Gasteiger charge is -2.33. The van der Waals surface area contributed by atoms with Crippen LogP contribution in [0.2, 0.25) is 0 Å². The Morgan fingerprint density at radius 3 is 2.64 bits per heavy atom. The summed E-state index contributed by atoms with van der Waals surface area (Å²) < 4.78 is 6.66. The van der Waals surface area contributed by atoms with Gasteiger partial charge in [0.2, 0.25) is 0 Å². The Balaban J connectivity index is 1.68. The van der Waals surface area contributed by atoms with Crippen molar-refractivity contribution in [2.75, 3.05) is 19.7 Å². The average Bonchev–Trinajstić information content (AvgIpc) is 2.56. The first kappa shape index (κ1) is 15.3. The highest BCUT2D eigenvalue weighted by Gasteiger charge is 2.26. The van der Waals surface area contributed by atoms with E-state index in [1.807, 2.05) is 47.4 Å². The molecule has 1 saturated heterocycles. The van der Waals surface area contributed by atoms with E-state index in [1.54, 1.807) is 0 Å². The van der Waals surface area contributed by atoms with Crippen LogP contribution in [0.4, 0.5) is 0 Å². The van der Waals surface area contributed by atoms with E-state index in [4.69, 9.17) is 4.74 Å². The third-order valence-electron chi connectivity index (χ3n) is 3.84. The van der Waals surface area contributed by atoms with E-state index in [0.717, 1.165) is 10.9 Å². The summed E-state index contributed by atoms with van der Waals surface area (Å²) in [4.78, 5) is 14.5. The molecule has 1 aliphatic rings. The van der Waals surface area contributed by atoms with E-state index in [0.29, 0.717) is 25.3 Å². The molecule has 2 aromatic carbocycles. The summed E-state index contributed by atoms with van der Waals surface area (Å²) in [7, 11) is 0. The van der Waals surface area contributed by atoms with Crippen LogP contribution < -0.4 is 0 Å². The fourth-order valence-electron chi connectivity index (χ4n) is 2.71. The van der Waals surface area contributed by atoms with E-state index in [-0.39, 0.29) is 12.0 Å². The van der Waals surface area contributed by atoms with Crippen LogP contribution in [0.15, 0.2) is 59.1 Å². The summed E-state index contributed by atoms with van der Waals surface area (Å²) in [6, 6.07) is 17.8. The topological polar surface area (TPSA) is 29.5 Å². The maximum atomic E-state index is 12.7. The molecule has 1 unspecified atom stereocenters. The molecule has 114 valence electrons. The van der Waals surface area contributed by atoms with Crippen molar-refractivity contribution in [1.29, 1.82) is 0 Å². The van der Waals surface area contributed by atoms with Gasteiger partial charge >= 0.3 is 0 Å². The van der Waals surface area contributed by atoms with Gasteiger partial charge in [0, 0.05) is 24.0 Å². The molecule has 3 rings (SSSR count). The zero-order valence-electron chi connectivity index (χ0n) is 12.2. The Morgan fingerprint density at radius 1 is 1.14 bits per heavy atom. The molecular weight excluding hydrogens is 342 g/mol. The lowest BCUT2D eigenvalue weighted by atomic mass is 10.1. The van der Waals surface area contributed by atoms with Gasteiger partial charge in [-0.05, 0) is 33.6 Å². The van der Waals surface area contributed by atoms with Crippen LogP contribution in [-0.2, 0) is 11.2 Å². The normalized spacial score (nSPS) is 18.2. The first-order valence-corrected chi connectivity index (χ1v) is 8.22. The monoisotopic (exact) mass is 359 g/mol. The molecule has 1 atom stereocenters. The molecule has 2 aromatic rings. The lowest BCUT2D eigenvalue weighted by Crippen LogP contribution is -2.46. The molecule has 0 aliphatic carbocycles. The maximum absolute atomic E-state index is 12.7. The van der Waals surface area contributed by atoms with Crippen LogP contribution in [-0.4, -0.2) is 36.6 Å². The Kier molecular flexibility index (Phi) is 4.90. The number of carbonyl (C=O) groups excluding carboxylic acids is 1. The molecular formula is C18H18BrNO2. The molecule has 0 aromatic heterocycles. The van der Waals surface area contributed by atoms with E-state index in [1.165, 1.54) is 5.56 Å². The number of hydrogen-bond acceptors (Lipinski definition) is 2. The maximum Gasteiger partial charge on any atom is 0.255 e. The molecule has 4 heteroatoms. The second-order valence-corrected chi connectivity index (χ2v) is 6.27. The molecule has 0 spiro atoms. The summed E-state index contributed by atoms with van der Waals surface area (Å²) in [6.07, 6.45) is 0.892. The van der Waals surface area contributed by atoms with Crippen molar-refractivity contribution in [3.63, 3.8) is 0 Å². The fraction of sp³-hybridized carbons (Fsp3) is 0.278. The number of amides is 1. The van der Waals surface area contributed by atoms with E-state index in [9.17, 15) is 4.79 Å². The molecule has 0 bridgehead atoms. The van der Waals surface area contributed by atoms with Crippen LogP contribution in [0.5, 0.6) is 0 Å². The Hall–Kier alpha value is -1.65. The van der Waals surface area contributed by atoms with Crippen molar-refractivity contribution in [3.05, 3.63) is 70.2 Å². The smallest absolute Gasteiger partial charge is 0.255 e. The van der Waals surface area contributed by atoms with Crippen molar-refractivity contribution >= 4 is 21.8 Å². The predicted octanol–water partition coefficient (Wildman–Crippen LogP) is 3.53. The predicted molar refractivity (Wildman–Crippen MR) is 89.9 cm³/mol. The first-order chi connectivity index (χ1) is 10.7. The standard InChI is InChI=1S/C18H18BrNO2/c19-17-9-5-4-8-16(17)18(21)20-10-11-22-15(13-20)12-14-6-2-1-3-7-14/h1-9,15H,10-13H2. The summed E-state index contributed by atoms with van der Waals surface area (Å²) in [5.74, 6) is 0.0637. The summed E-state index contributed by atoms with van der Waals surface area (Å²) >= 11 is 3.45. The third-order valence-corrected chi connectivity index (χ3v) is 4.53. The summed E-state index contributed by atoms with van der Waals surface area (Å²) in [6.45, 7) is 1.87. The van der Waals surface area contributed by atoms with Crippen LogP contribution in [0.3, 0.4) is 0 Å². The lowest BCUT2D eigenvalue weighted by molar-refractivity contribution is -0.0208. The first-order valence-electron chi connectivity index (χ1n) is 7.43. The fourth-order valence-corrected chi connectivity index (χ4v) is 3.16. The number of halogens is 1. The van der Waals surface area contributed by atoms with Crippen LogP contribution in [0.1, 0.15) is 15.9 Å². The Bertz CT molecular complexity index is 645. The van der Waals surface area contributed by atoms with Crippen molar-refractivity contribution < 1.29 is 9.53 Å². The van der Waals surface area contributed by atoms with Gasteiger partial charge in [-0.15, -0.1) is 0 Å². The van der Waals surface area contributed by atoms with Gasteiger partial charge in [-0.25, -0.2) is 0 Å². The van der Waals surface area contributed by atoms with Crippen molar-refractivity contribution in [1.82, 2.24) is 4.90 Å². The summed E-state index contributed by atoms with van der Waals surface area (Å²) in [5.41, 5.74) is 1.95. The molecule has 22 heavy (non-hydrogen) atoms. The molecule has 0 radical (unpaired) electrons. The van der Waals surface area contributed by atoms with Crippen LogP contribution in [0.25, 0.3) is 0 Å². The number of ether oxygens (including phenoxy) is 1. The Morgan fingerprint density at radius 2 is 1.86 bits per heavy atom. The van der Waals surface area contributed by atoms with Gasteiger partial charge in [0.25, 0.3) is 5.91 Å². The molecule has 1 fully saturated rings. The molecule has 0 N–H and O–H groups in total. The van der Waals surface area contributed by atoms with Gasteiger partial charge in [0.15, 0.2) is 0 Å². The van der Waals surface area contributed by atoms with Gasteiger partial charge in [-0.2, -0.15) is 0 Å². The van der Waals surface area contributed by atoms with Gasteiger partial charge in [-0.1, -0.05) is 42.5 Å². The van der Waals surface area contributed by atoms with E-state index in [2.05, 4.69) is 28.1 Å². The van der Waals surface area contributed by atoms with Crippen molar-refractivity contribution in [2.24, 2.45) is 0 Å². The van der Waals surface area contributed by atoms with Gasteiger partial charge in [0.05, 0.1) is 18.3 Å². The largest absolute Gasteiger partial charge is 0.374 e. The minimum Gasteiger partial charge on any atom is -0.374 e. The highest BCUT2D eigenvalue weighted by Crippen LogP contribution is 2.20. The van der Waals surface area contributed by atoms with E-state index < -0.39 is 0 Å². The molecule has 1 heterocycles.